The SMILES string of the molecule is COc1nc(NC2CCC(C)(O)CC2)nn2cc(F)c(-c3cc(F)c4ncn(CC(F)F)c4c3)c12. The van der Waals surface area contributed by atoms with Crippen molar-refractivity contribution in [1.29, 1.82) is 0 Å². The van der Waals surface area contributed by atoms with Crippen LogP contribution in [0.15, 0.2) is 24.7 Å². The van der Waals surface area contributed by atoms with E-state index in [0.717, 1.165) is 23.2 Å². The zero-order valence-corrected chi connectivity index (χ0v) is 19.1. The van der Waals surface area contributed by atoms with Gasteiger partial charge in [0.05, 0.1) is 42.9 Å². The molecule has 4 aromatic rings. The second-order valence-corrected chi connectivity index (χ2v) is 9.12. The zero-order valence-electron chi connectivity index (χ0n) is 19.1. The van der Waals surface area contributed by atoms with Crippen molar-refractivity contribution in [1.82, 2.24) is 24.1 Å². The van der Waals surface area contributed by atoms with E-state index in [4.69, 9.17) is 4.74 Å². The van der Waals surface area contributed by atoms with Crippen LogP contribution in [0.2, 0.25) is 0 Å². The molecule has 1 aliphatic rings. The molecule has 2 N–H and O–H groups in total. The van der Waals surface area contributed by atoms with Crippen molar-refractivity contribution in [2.24, 2.45) is 0 Å². The molecule has 186 valence electrons. The van der Waals surface area contributed by atoms with Crippen LogP contribution in [-0.2, 0) is 6.54 Å². The number of rotatable bonds is 6. The van der Waals surface area contributed by atoms with Crippen LogP contribution in [0.3, 0.4) is 0 Å². The Labute approximate surface area is 197 Å². The third-order valence-corrected chi connectivity index (χ3v) is 6.44. The Kier molecular flexibility index (Phi) is 5.78. The lowest BCUT2D eigenvalue weighted by molar-refractivity contribution is 0.0195. The van der Waals surface area contributed by atoms with Crippen LogP contribution >= 0.6 is 0 Å². The number of anilines is 1. The predicted octanol–water partition coefficient (Wildman–Crippen LogP) is 4.40. The van der Waals surface area contributed by atoms with Gasteiger partial charge in [0.15, 0.2) is 11.6 Å². The van der Waals surface area contributed by atoms with Crippen LogP contribution in [0.1, 0.15) is 32.6 Å². The highest BCUT2D eigenvalue weighted by atomic mass is 19.3. The number of alkyl halides is 2. The molecule has 1 fully saturated rings. The van der Waals surface area contributed by atoms with E-state index in [1.54, 1.807) is 6.92 Å². The van der Waals surface area contributed by atoms with Crippen molar-refractivity contribution < 1.29 is 27.4 Å². The van der Waals surface area contributed by atoms with E-state index >= 15 is 4.39 Å². The molecular formula is C23H24F4N6O2. The monoisotopic (exact) mass is 492 g/mol. The van der Waals surface area contributed by atoms with Crippen LogP contribution in [0.25, 0.3) is 27.7 Å². The summed E-state index contributed by atoms with van der Waals surface area (Å²) in [6, 6.07) is 2.54. The van der Waals surface area contributed by atoms with Crippen molar-refractivity contribution in [2.45, 2.75) is 57.2 Å². The van der Waals surface area contributed by atoms with E-state index in [0.29, 0.717) is 25.7 Å². The third-order valence-electron chi connectivity index (χ3n) is 6.44. The molecular weight excluding hydrogens is 468 g/mol. The molecule has 0 atom stereocenters. The Morgan fingerprint density at radius 2 is 1.97 bits per heavy atom. The summed E-state index contributed by atoms with van der Waals surface area (Å²) in [5.74, 6) is -1.19. The molecule has 0 spiro atoms. The molecule has 12 heteroatoms. The Morgan fingerprint density at radius 3 is 2.66 bits per heavy atom. The predicted molar refractivity (Wildman–Crippen MR) is 121 cm³/mol. The Bertz CT molecular complexity index is 1390. The molecule has 1 aliphatic carbocycles. The zero-order chi connectivity index (χ0) is 24.9. The number of nitrogens with one attached hydrogen (secondary N) is 1. The Balaban J connectivity index is 1.56. The summed E-state index contributed by atoms with van der Waals surface area (Å²) in [6.45, 7) is 1.13. The summed E-state index contributed by atoms with van der Waals surface area (Å²) >= 11 is 0. The van der Waals surface area contributed by atoms with Gasteiger partial charge >= 0.3 is 0 Å². The van der Waals surface area contributed by atoms with Crippen LogP contribution in [-0.4, -0.2) is 54.4 Å². The third kappa shape index (κ3) is 4.38. The fraction of sp³-hybridized carbons (Fsp3) is 0.435. The highest BCUT2D eigenvalue weighted by Crippen LogP contribution is 2.37. The lowest BCUT2D eigenvalue weighted by Gasteiger charge is -2.33. The quantitative estimate of drug-likeness (QED) is 0.388. The molecule has 0 saturated heterocycles. The van der Waals surface area contributed by atoms with Gasteiger partial charge in [-0.05, 0) is 50.3 Å². The van der Waals surface area contributed by atoms with Crippen LogP contribution < -0.4 is 10.1 Å². The molecule has 3 aromatic heterocycles. The average molecular weight is 492 g/mol. The first-order valence-corrected chi connectivity index (χ1v) is 11.2. The second kappa shape index (κ2) is 8.67. The molecule has 35 heavy (non-hydrogen) atoms. The number of halogens is 4. The van der Waals surface area contributed by atoms with Crippen molar-refractivity contribution in [3.63, 3.8) is 0 Å². The van der Waals surface area contributed by atoms with E-state index in [2.05, 4.69) is 20.4 Å². The van der Waals surface area contributed by atoms with Crippen LogP contribution in [0.5, 0.6) is 5.88 Å². The summed E-state index contributed by atoms with van der Waals surface area (Å²) in [6.07, 6.45) is 2.28. The molecule has 0 amide bonds. The fourth-order valence-corrected chi connectivity index (χ4v) is 4.63. The second-order valence-electron chi connectivity index (χ2n) is 9.12. The van der Waals surface area contributed by atoms with Crippen molar-refractivity contribution >= 4 is 22.5 Å². The smallest absolute Gasteiger partial charge is 0.256 e. The number of hydrogen-bond acceptors (Lipinski definition) is 6. The largest absolute Gasteiger partial charge is 0.479 e. The molecule has 0 radical (unpaired) electrons. The standard InChI is InChI=1S/C23H24F4N6O2/c1-23(34)5-3-13(4-6-23)29-22-30-21(35-2)20-18(15(25)9-33(20)31-22)12-7-14(24)19-16(8-12)32(11-28-19)10-17(26)27/h7-9,11,13,17,34H,3-6,10H2,1-2H3,(H,29,31). The molecule has 5 rings (SSSR count). The normalized spacial score (nSPS) is 20.7. The molecule has 0 unspecified atom stereocenters. The van der Waals surface area contributed by atoms with Gasteiger partial charge in [0, 0.05) is 6.04 Å². The van der Waals surface area contributed by atoms with E-state index in [-0.39, 0.29) is 45.5 Å². The lowest BCUT2D eigenvalue weighted by Crippen LogP contribution is -2.36. The maximum Gasteiger partial charge on any atom is 0.256 e. The van der Waals surface area contributed by atoms with Gasteiger partial charge in [-0.25, -0.2) is 27.1 Å². The van der Waals surface area contributed by atoms with E-state index in [1.165, 1.54) is 17.7 Å². The maximum atomic E-state index is 15.2. The number of aromatic nitrogens is 5. The number of fused-ring (bicyclic) bond motifs is 2. The minimum Gasteiger partial charge on any atom is -0.479 e. The lowest BCUT2D eigenvalue weighted by atomic mass is 9.84. The fourth-order valence-electron chi connectivity index (χ4n) is 4.63. The van der Waals surface area contributed by atoms with Gasteiger partial charge in [0.25, 0.3) is 6.43 Å². The van der Waals surface area contributed by atoms with Gasteiger partial charge in [-0.3, -0.25) is 0 Å². The minimum atomic E-state index is -2.67. The highest BCUT2D eigenvalue weighted by Gasteiger charge is 2.29. The number of imidazole rings is 1. The Morgan fingerprint density at radius 1 is 1.23 bits per heavy atom. The number of benzene rings is 1. The molecule has 8 nitrogen and oxygen atoms in total. The maximum absolute atomic E-state index is 15.2. The highest BCUT2D eigenvalue weighted by molar-refractivity contribution is 5.90. The van der Waals surface area contributed by atoms with Crippen molar-refractivity contribution in [3.05, 3.63) is 36.3 Å². The molecule has 1 saturated carbocycles. The van der Waals surface area contributed by atoms with Crippen molar-refractivity contribution in [2.75, 3.05) is 12.4 Å². The number of nitrogens with zero attached hydrogens (tertiary/aromatic N) is 5. The topological polar surface area (TPSA) is 89.5 Å². The molecule has 3 heterocycles. The van der Waals surface area contributed by atoms with Gasteiger partial charge in [-0.15, -0.1) is 5.10 Å². The summed E-state index contributed by atoms with van der Waals surface area (Å²) in [5, 5.41) is 17.7. The van der Waals surface area contributed by atoms with E-state index in [1.807, 2.05) is 0 Å². The average Bonchev–Trinajstić information content (AvgIpc) is 3.34. The van der Waals surface area contributed by atoms with E-state index in [9.17, 15) is 18.3 Å². The summed E-state index contributed by atoms with van der Waals surface area (Å²) in [4.78, 5) is 8.25. The van der Waals surface area contributed by atoms with Gasteiger partial charge in [0.1, 0.15) is 11.0 Å². The van der Waals surface area contributed by atoms with Gasteiger partial charge in [-0.1, -0.05) is 0 Å². The van der Waals surface area contributed by atoms with Gasteiger partial charge in [-0.2, -0.15) is 4.98 Å². The minimum absolute atomic E-state index is 0.0206. The molecule has 1 aromatic carbocycles. The van der Waals surface area contributed by atoms with Crippen LogP contribution in [0.4, 0.5) is 23.5 Å². The van der Waals surface area contributed by atoms with E-state index < -0.39 is 30.2 Å². The number of methoxy groups -OCH3 is 1. The summed E-state index contributed by atoms with van der Waals surface area (Å²) < 4.78 is 63.7. The molecule has 0 aliphatic heterocycles. The van der Waals surface area contributed by atoms with Gasteiger partial charge in [0.2, 0.25) is 11.8 Å². The molecule has 0 bridgehead atoms. The first kappa shape index (κ1) is 23.3. The van der Waals surface area contributed by atoms with Crippen molar-refractivity contribution in [3.8, 4) is 17.0 Å². The first-order chi connectivity index (χ1) is 16.6. The summed E-state index contributed by atoms with van der Waals surface area (Å²) in [7, 11) is 1.38. The van der Waals surface area contributed by atoms with Crippen LogP contribution in [0, 0.1) is 11.6 Å². The summed E-state index contributed by atoms with van der Waals surface area (Å²) in [5.41, 5.74) is -0.401. The number of ether oxygens (including phenoxy) is 1. The van der Waals surface area contributed by atoms with Gasteiger partial charge < -0.3 is 19.7 Å². The first-order valence-electron chi connectivity index (χ1n) is 11.2. The Hall–Kier alpha value is -3.41. The number of hydrogen-bond donors (Lipinski definition) is 2. The number of aliphatic hydroxyl groups is 1.